The average molecular weight is 245 g/mol. The molecule has 2 rings (SSSR count). The molecule has 1 heterocycles. The summed E-state index contributed by atoms with van der Waals surface area (Å²) in [6, 6.07) is 12.1. The lowest BCUT2D eigenvalue weighted by molar-refractivity contribution is 0.299. The summed E-state index contributed by atoms with van der Waals surface area (Å²) in [6.07, 6.45) is 4.41. The maximum absolute atomic E-state index is 8.90. The Labute approximate surface area is 107 Å². The highest BCUT2D eigenvalue weighted by Gasteiger charge is 1.97. The normalized spacial score (nSPS) is 10.5. The van der Waals surface area contributed by atoms with Crippen LogP contribution in [0.2, 0.25) is 0 Å². The number of furan rings is 1. The molecule has 2 aromatic rings. The smallest absolute Gasteiger partial charge is 0.103 e. The van der Waals surface area contributed by atoms with Gasteiger partial charge in [0.25, 0.3) is 0 Å². The zero-order chi connectivity index (χ0) is 12.6. The van der Waals surface area contributed by atoms with Crippen LogP contribution in [-0.4, -0.2) is 18.3 Å². The van der Waals surface area contributed by atoms with E-state index >= 15 is 0 Å². The Morgan fingerprint density at radius 2 is 2.06 bits per heavy atom. The standard InChI is InChI=1S/C15H19NO2/c17-10-8-13-4-1-5-14(12-13)16-9-2-6-15-7-3-11-18-15/h1,3-5,7,11-12,16-17H,2,6,8-10H2. The molecule has 3 nitrogen and oxygen atoms in total. The lowest BCUT2D eigenvalue weighted by Gasteiger charge is -2.07. The monoisotopic (exact) mass is 245 g/mol. The molecule has 0 spiro atoms. The molecule has 0 saturated heterocycles. The van der Waals surface area contributed by atoms with Crippen LogP contribution in [0.4, 0.5) is 5.69 Å². The van der Waals surface area contributed by atoms with E-state index in [0.29, 0.717) is 6.42 Å². The Morgan fingerprint density at radius 1 is 1.11 bits per heavy atom. The van der Waals surface area contributed by atoms with Crippen LogP contribution in [0.25, 0.3) is 0 Å². The highest BCUT2D eigenvalue weighted by molar-refractivity contribution is 5.45. The van der Waals surface area contributed by atoms with Gasteiger partial charge in [0.2, 0.25) is 0 Å². The van der Waals surface area contributed by atoms with Gasteiger partial charge in [-0.1, -0.05) is 12.1 Å². The quantitative estimate of drug-likeness (QED) is 0.737. The predicted octanol–water partition coefficient (Wildman–Crippen LogP) is 2.86. The summed E-state index contributed by atoms with van der Waals surface area (Å²) in [5, 5.41) is 12.3. The Bertz CT molecular complexity index is 451. The summed E-state index contributed by atoms with van der Waals surface area (Å²) >= 11 is 0. The number of anilines is 1. The van der Waals surface area contributed by atoms with Crippen LogP contribution in [-0.2, 0) is 12.8 Å². The van der Waals surface area contributed by atoms with Crippen molar-refractivity contribution in [1.82, 2.24) is 0 Å². The second kappa shape index (κ2) is 6.87. The minimum atomic E-state index is 0.196. The molecular weight excluding hydrogens is 226 g/mol. The van der Waals surface area contributed by atoms with Gasteiger partial charge in [-0.05, 0) is 42.7 Å². The fourth-order valence-electron chi connectivity index (χ4n) is 1.92. The fourth-order valence-corrected chi connectivity index (χ4v) is 1.92. The Balaban J connectivity index is 1.74. The molecule has 96 valence electrons. The predicted molar refractivity (Wildman–Crippen MR) is 72.8 cm³/mol. The SMILES string of the molecule is OCCc1cccc(NCCCc2ccco2)c1. The van der Waals surface area contributed by atoms with Crippen molar-refractivity contribution in [2.75, 3.05) is 18.5 Å². The van der Waals surface area contributed by atoms with Crippen molar-refractivity contribution in [1.29, 1.82) is 0 Å². The fraction of sp³-hybridized carbons (Fsp3) is 0.333. The molecule has 0 aliphatic carbocycles. The van der Waals surface area contributed by atoms with Crippen molar-refractivity contribution in [3.8, 4) is 0 Å². The lowest BCUT2D eigenvalue weighted by atomic mass is 10.1. The van der Waals surface area contributed by atoms with Crippen molar-refractivity contribution in [3.05, 3.63) is 54.0 Å². The van der Waals surface area contributed by atoms with Gasteiger partial charge in [0.15, 0.2) is 0 Å². The van der Waals surface area contributed by atoms with Gasteiger partial charge in [-0.25, -0.2) is 0 Å². The van der Waals surface area contributed by atoms with Crippen LogP contribution in [0.15, 0.2) is 47.1 Å². The molecule has 0 bridgehead atoms. The molecule has 0 aliphatic rings. The number of nitrogens with one attached hydrogen (secondary N) is 1. The van der Waals surface area contributed by atoms with Gasteiger partial charge < -0.3 is 14.8 Å². The third-order valence-corrected chi connectivity index (χ3v) is 2.84. The molecule has 2 N–H and O–H groups in total. The van der Waals surface area contributed by atoms with Crippen LogP contribution in [0.5, 0.6) is 0 Å². The van der Waals surface area contributed by atoms with Crippen molar-refractivity contribution >= 4 is 5.69 Å². The molecule has 18 heavy (non-hydrogen) atoms. The Morgan fingerprint density at radius 3 is 2.83 bits per heavy atom. The van der Waals surface area contributed by atoms with E-state index < -0.39 is 0 Å². The maximum atomic E-state index is 8.90. The highest BCUT2D eigenvalue weighted by Crippen LogP contribution is 2.11. The topological polar surface area (TPSA) is 45.4 Å². The summed E-state index contributed by atoms with van der Waals surface area (Å²) in [6.45, 7) is 1.12. The zero-order valence-electron chi connectivity index (χ0n) is 10.4. The molecule has 0 amide bonds. The second-order valence-corrected chi connectivity index (χ2v) is 4.28. The first-order valence-electron chi connectivity index (χ1n) is 6.34. The molecule has 1 aromatic heterocycles. The average Bonchev–Trinajstić information content (AvgIpc) is 2.89. The number of aliphatic hydroxyl groups excluding tert-OH is 1. The lowest BCUT2D eigenvalue weighted by Crippen LogP contribution is -2.03. The third kappa shape index (κ3) is 3.93. The second-order valence-electron chi connectivity index (χ2n) is 4.28. The molecule has 3 heteroatoms. The molecule has 0 unspecified atom stereocenters. The van der Waals surface area contributed by atoms with E-state index in [9.17, 15) is 0 Å². The van der Waals surface area contributed by atoms with E-state index in [1.54, 1.807) is 6.26 Å². The first-order valence-corrected chi connectivity index (χ1v) is 6.34. The van der Waals surface area contributed by atoms with Crippen LogP contribution in [0, 0.1) is 0 Å². The Kier molecular flexibility index (Phi) is 4.85. The van der Waals surface area contributed by atoms with Gasteiger partial charge in [0, 0.05) is 25.3 Å². The Hall–Kier alpha value is -1.74. The third-order valence-electron chi connectivity index (χ3n) is 2.84. The van der Waals surface area contributed by atoms with Crippen molar-refractivity contribution in [2.45, 2.75) is 19.3 Å². The number of aryl methyl sites for hydroxylation is 1. The number of hydrogen-bond acceptors (Lipinski definition) is 3. The van der Waals surface area contributed by atoms with Crippen molar-refractivity contribution in [2.24, 2.45) is 0 Å². The molecule has 0 fully saturated rings. The van der Waals surface area contributed by atoms with Gasteiger partial charge in [0.1, 0.15) is 5.76 Å². The summed E-state index contributed by atoms with van der Waals surface area (Å²) < 4.78 is 5.28. The summed E-state index contributed by atoms with van der Waals surface area (Å²) in [5.41, 5.74) is 2.27. The van der Waals surface area contributed by atoms with Gasteiger partial charge >= 0.3 is 0 Å². The van der Waals surface area contributed by atoms with Gasteiger partial charge in [-0.3, -0.25) is 0 Å². The number of rotatable bonds is 7. The number of hydrogen-bond donors (Lipinski definition) is 2. The molecular formula is C15H19NO2. The van der Waals surface area contributed by atoms with Gasteiger partial charge in [-0.15, -0.1) is 0 Å². The first-order chi connectivity index (χ1) is 8.88. The molecule has 0 aliphatic heterocycles. The van der Waals surface area contributed by atoms with Crippen LogP contribution in [0.3, 0.4) is 0 Å². The van der Waals surface area contributed by atoms with Crippen LogP contribution >= 0.6 is 0 Å². The van der Waals surface area contributed by atoms with Crippen molar-refractivity contribution < 1.29 is 9.52 Å². The minimum Gasteiger partial charge on any atom is -0.469 e. The first kappa shape index (κ1) is 12.7. The van der Waals surface area contributed by atoms with E-state index in [4.69, 9.17) is 9.52 Å². The molecule has 1 aromatic carbocycles. The summed E-state index contributed by atoms with van der Waals surface area (Å²) in [5.74, 6) is 1.03. The van der Waals surface area contributed by atoms with E-state index in [2.05, 4.69) is 11.4 Å². The largest absolute Gasteiger partial charge is 0.469 e. The van der Waals surface area contributed by atoms with Crippen molar-refractivity contribution in [3.63, 3.8) is 0 Å². The summed E-state index contributed by atoms with van der Waals surface area (Å²) in [4.78, 5) is 0. The van der Waals surface area contributed by atoms with E-state index in [-0.39, 0.29) is 6.61 Å². The highest BCUT2D eigenvalue weighted by atomic mass is 16.3. The minimum absolute atomic E-state index is 0.196. The van der Waals surface area contributed by atoms with E-state index in [1.807, 2.05) is 30.3 Å². The van der Waals surface area contributed by atoms with Crippen LogP contribution < -0.4 is 5.32 Å². The van der Waals surface area contributed by atoms with E-state index in [1.165, 1.54) is 0 Å². The van der Waals surface area contributed by atoms with Crippen LogP contribution in [0.1, 0.15) is 17.7 Å². The molecule has 0 saturated carbocycles. The summed E-state index contributed by atoms with van der Waals surface area (Å²) in [7, 11) is 0. The molecule has 0 atom stereocenters. The maximum Gasteiger partial charge on any atom is 0.103 e. The number of benzene rings is 1. The zero-order valence-corrected chi connectivity index (χ0v) is 10.4. The van der Waals surface area contributed by atoms with Gasteiger partial charge in [-0.2, -0.15) is 0 Å². The van der Waals surface area contributed by atoms with E-state index in [0.717, 1.165) is 36.4 Å². The number of aliphatic hydroxyl groups is 1. The van der Waals surface area contributed by atoms with Gasteiger partial charge in [0.05, 0.1) is 6.26 Å². The molecule has 0 radical (unpaired) electrons.